The predicted molar refractivity (Wildman–Crippen MR) is 85.1 cm³/mol. The van der Waals surface area contributed by atoms with Crippen molar-refractivity contribution in [1.82, 2.24) is 5.32 Å². The van der Waals surface area contributed by atoms with Crippen molar-refractivity contribution >= 4 is 15.9 Å². The Bertz CT molecular complexity index is 458. The molecule has 0 amide bonds. The van der Waals surface area contributed by atoms with Gasteiger partial charge in [-0.15, -0.1) is 0 Å². The summed E-state index contributed by atoms with van der Waals surface area (Å²) in [5, 5.41) is 3.33. The van der Waals surface area contributed by atoms with Gasteiger partial charge in [-0.3, -0.25) is 0 Å². The number of hydrogen-bond acceptors (Lipinski definition) is 3. The van der Waals surface area contributed by atoms with E-state index in [2.05, 4.69) is 21.2 Å². The molecule has 1 atom stereocenters. The van der Waals surface area contributed by atoms with Crippen LogP contribution in [-0.4, -0.2) is 38.5 Å². The van der Waals surface area contributed by atoms with Gasteiger partial charge in [0.1, 0.15) is 5.82 Å². The molecule has 1 N–H and O–H groups in total. The molecule has 0 saturated carbocycles. The summed E-state index contributed by atoms with van der Waals surface area (Å²) in [6.45, 7) is 4.05. The highest BCUT2D eigenvalue weighted by Crippen LogP contribution is 2.31. The molecule has 1 aromatic carbocycles. The van der Waals surface area contributed by atoms with Gasteiger partial charge in [-0.1, -0.05) is 22.0 Å². The van der Waals surface area contributed by atoms with Gasteiger partial charge in [0.05, 0.1) is 5.60 Å². The topological polar surface area (TPSA) is 30.5 Å². The number of hydrogen-bond donors (Lipinski definition) is 1. The Balaban J connectivity index is 2.20. The van der Waals surface area contributed by atoms with Crippen LogP contribution in [0.25, 0.3) is 0 Å². The molecule has 118 valence electrons. The lowest BCUT2D eigenvalue weighted by Crippen LogP contribution is -2.55. The van der Waals surface area contributed by atoms with Gasteiger partial charge in [0, 0.05) is 43.2 Å². The van der Waals surface area contributed by atoms with E-state index in [0.717, 1.165) is 17.3 Å². The van der Waals surface area contributed by atoms with Gasteiger partial charge in [-0.2, -0.15) is 0 Å². The first kappa shape index (κ1) is 16.9. The lowest BCUT2D eigenvalue weighted by molar-refractivity contribution is -0.125. The van der Waals surface area contributed by atoms with Gasteiger partial charge in [0.2, 0.25) is 0 Å². The fraction of sp³-hybridized carbons (Fsp3) is 0.625. The van der Waals surface area contributed by atoms with E-state index in [1.54, 1.807) is 0 Å². The minimum atomic E-state index is -0.277. The van der Waals surface area contributed by atoms with Crippen LogP contribution in [-0.2, 0) is 15.9 Å². The fourth-order valence-corrected chi connectivity index (χ4v) is 3.39. The normalized spacial score (nSPS) is 19.4. The quantitative estimate of drug-likeness (QED) is 0.845. The first-order valence-electron chi connectivity index (χ1n) is 7.44. The first-order valence-corrected chi connectivity index (χ1v) is 8.23. The van der Waals surface area contributed by atoms with Crippen LogP contribution in [0.3, 0.4) is 0 Å². The lowest BCUT2D eigenvalue weighted by Gasteiger charge is -2.43. The Morgan fingerprint density at radius 2 is 2.14 bits per heavy atom. The molecule has 1 saturated heterocycles. The van der Waals surface area contributed by atoms with Crippen LogP contribution >= 0.6 is 15.9 Å². The van der Waals surface area contributed by atoms with E-state index in [9.17, 15) is 4.39 Å². The van der Waals surface area contributed by atoms with Crippen molar-refractivity contribution in [3.05, 3.63) is 34.1 Å². The Morgan fingerprint density at radius 1 is 1.43 bits per heavy atom. The van der Waals surface area contributed by atoms with Crippen molar-refractivity contribution in [3.8, 4) is 0 Å². The number of likely N-dealkylation sites (N-methyl/N-ethyl adjacent to an activating group) is 1. The zero-order valence-electron chi connectivity index (χ0n) is 12.6. The van der Waals surface area contributed by atoms with E-state index in [-0.39, 0.29) is 17.5 Å². The molecule has 0 radical (unpaired) electrons. The molecule has 0 spiro atoms. The van der Waals surface area contributed by atoms with Gasteiger partial charge >= 0.3 is 0 Å². The van der Waals surface area contributed by atoms with Crippen LogP contribution in [0.2, 0.25) is 0 Å². The molecule has 1 aliphatic heterocycles. The van der Waals surface area contributed by atoms with Gasteiger partial charge in [0.25, 0.3) is 0 Å². The van der Waals surface area contributed by atoms with Gasteiger partial charge < -0.3 is 14.8 Å². The maximum atomic E-state index is 14.1. The molecule has 1 aromatic rings. The Morgan fingerprint density at radius 3 is 2.71 bits per heavy atom. The third-order valence-electron chi connectivity index (χ3n) is 4.19. The predicted octanol–water partition coefficient (Wildman–Crippen LogP) is 3.30. The molecule has 3 nitrogen and oxygen atoms in total. The molecular formula is C16H23BrFNO2. The molecule has 1 heterocycles. The Hall–Kier alpha value is -0.490. The van der Waals surface area contributed by atoms with Crippen molar-refractivity contribution < 1.29 is 13.9 Å². The number of nitrogens with one attached hydrogen (secondary N) is 1. The number of rotatable bonds is 6. The third kappa shape index (κ3) is 4.03. The van der Waals surface area contributed by atoms with Gasteiger partial charge in [-0.25, -0.2) is 4.39 Å². The van der Waals surface area contributed by atoms with Crippen LogP contribution in [0, 0.1) is 5.82 Å². The third-order valence-corrected chi connectivity index (χ3v) is 4.69. The monoisotopic (exact) mass is 359 g/mol. The highest BCUT2D eigenvalue weighted by atomic mass is 79.9. The average Bonchev–Trinajstić information content (AvgIpc) is 2.47. The van der Waals surface area contributed by atoms with E-state index in [1.807, 2.05) is 26.1 Å². The second-order valence-corrected chi connectivity index (χ2v) is 6.31. The van der Waals surface area contributed by atoms with Crippen molar-refractivity contribution in [1.29, 1.82) is 0 Å². The van der Waals surface area contributed by atoms with Crippen LogP contribution in [0.1, 0.15) is 25.3 Å². The number of benzene rings is 1. The molecule has 0 aliphatic carbocycles. The smallest absolute Gasteiger partial charge is 0.127 e. The molecular weight excluding hydrogens is 337 g/mol. The van der Waals surface area contributed by atoms with Crippen LogP contribution < -0.4 is 5.32 Å². The van der Waals surface area contributed by atoms with E-state index >= 15 is 0 Å². The van der Waals surface area contributed by atoms with Gasteiger partial charge in [-0.05, 0) is 38.1 Å². The van der Waals surface area contributed by atoms with Crippen molar-refractivity contribution in [2.24, 2.45) is 0 Å². The van der Waals surface area contributed by atoms with Gasteiger partial charge in [0.15, 0.2) is 0 Å². The number of ether oxygens (including phenoxy) is 2. The first-order chi connectivity index (χ1) is 10.1. The molecule has 1 aliphatic rings. The molecule has 0 aromatic heterocycles. The molecule has 21 heavy (non-hydrogen) atoms. The van der Waals surface area contributed by atoms with Crippen molar-refractivity contribution in [2.45, 2.75) is 37.8 Å². The highest BCUT2D eigenvalue weighted by molar-refractivity contribution is 9.10. The molecule has 5 heteroatoms. The highest BCUT2D eigenvalue weighted by Gasteiger charge is 2.40. The number of halogens is 2. The summed E-state index contributed by atoms with van der Waals surface area (Å²) in [6.07, 6.45) is 2.28. The SMILES string of the molecule is CCOC1(C(Cc2ccc(Br)cc2F)NC)CCOCC1. The second kappa shape index (κ2) is 7.68. The minimum absolute atomic E-state index is 0.0667. The van der Waals surface area contributed by atoms with Crippen molar-refractivity contribution in [3.63, 3.8) is 0 Å². The largest absolute Gasteiger partial charge is 0.381 e. The second-order valence-electron chi connectivity index (χ2n) is 5.39. The summed E-state index contributed by atoms with van der Waals surface area (Å²) in [5.41, 5.74) is 0.435. The summed E-state index contributed by atoms with van der Waals surface area (Å²) in [6, 6.07) is 5.29. The maximum Gasteiger partial charge on any atom is 0.127 e. The van der Waals surface area contributed by atoms with E-state index in [4.69, 9.17) is 9.47 Å². The lowest BCUT2D eigenvalue weighted by atomic mass is 9.82. The summed E-state index contributed by atoms with van der Waals surface area (Å²) in [4.78, 5) is 0. The van der Waals surface area contributed by atoms with E-state index < -0.39 is 0 Å². The summed E-state index contributed by atoms with van der Waals surface area (Å²) >= 11 is 3.29. The Kier molecular flexibility index (Phi) is 6.17. The van der Waals surface area contributed by atoms with E-state index in [1.165, 1.54) is 6.07 Å². The Labute approximate surface area is 134 Å². The molecule has 2 rings (SSSR count). The minimum Gasteiger partial charge on any atom is -0.381 e. The molecule has 0 bridgehead atoms. The van der Waals surface area contributed by atoms with Crippen molar-refractivity contribution in [2.75, 3.05) is 26.9 Å². The molecule has 1 unspecified atom stereocenters. The average molecular weight is 360 g/mol. The summed E-state index contributed by atoms with van der Waals surface area (Å²) in [5.74, 6) is -0.177. The van der Waals surface area contributed by atoms with Crippen LogP contribution in [0.5, 0.6) is 0 Å². The van der Waals surface area contributed by atoms with Crippen LogP contribution in [0.15, 0.2) is 22.7 Å². The van der Waals surface area contributed by atoms with Crippen LogP contribution in [0.4, 0.5) is 4.39 Å². The summed E-state index contributed by atoms with van der Waals surface area (Å²) in [7, 11) is 1.91. The van der Waals surface area contributed by atoms with E-state index in [0.29, 0.717) is 31.8 Å². The maximum absolute atomic E-state index is 14.1. The zero-order valence-corrected chi connectivity index (χ0v) is 14.2. The fourth-order valence-electron chi connectivity index (χ4n) is 3.06. The zero-order chi connectivity index (χ0) is 15.3. The standard InChI is InChI=1S/C16H23BrFNO2/c1-3-21-16(6-8-20-9-7-16)15(19-2)10-12-4-5-13(17)11-14(12)18/h4-5,11,15,19H,3,6-10H2,1-2H3. The summed E-state index contributed by atoms with van der Waals surface area (Å²) < 4.78 is 26.4. The molecule has 1 fully saturated rings.